The van der Waals surface area contributed by atoms with Crippen LogP contribution in [0.15, 0.2) is 36.9 Å². The molecule has 4 heteroatoms. The molecule has 0 heterocycles. The van der Waals surface area contributed by atoms with Crippen molar-refractivity contribution in [2.24, 2.45) is 0 Å². The maximum atomic E-state index is 10.3. The van der Waals surface area contributed by atoms with Gasteiger partial charge in [0.05, 0.1) is 11.1 Å². The van der Waals surface area contributed by atoms with Crippen molar-refractivity contribution >= 4 is 11.9 Å². The highest BCUT2D eigenvalue weighted by atomic mass is 16.4. The molecule has 0 atom stereocenters. The van der Waals surface area contributed by atoms with Crippen molar-refractivity contribution in [2.45, 2.75) is 6.92 Å². The van der Waals surface area contributed by atoms with Crippen molar-refractivity contribution in [1.82, 2.24) is 0 Å². The molecule has 2 N–H and O–H groups in total. The van der Waals surface area contributed by atoms with Crippen LogP contribution in [0.1, 0.15) is 27.6 Å². The minimum absolute atomic E-state index is 0.0833. The van der Waals surface area contributed by atoms with E-state index in [0.29, 0.717) is 0 Å². The quantitative estimate of drug-likeness (QED) is 0.731. The van der Waals surface area contributed by atoms with E-state index in [4.69, 9.17) is 10.2 Å². The number of hydrogen-bond acceptors (Lipinski definition) is 2. The number of allylic oxidation sites excluding steroid dienone is 1. The zero-order chi connectivity index (χ0) is 11.8. The highest BCUT2D eigenvalue weighted by Crippen LogP contribution is 2.03. The monoisotopic (exact) mass is 208 g/mol. The van der Waals surface area contributed by atoms with Crippen molar-refractivity contribution in [3.05, 3.63) is 48.0 Å². The largest absolute Gasteiger partial charge is 0.478 e. The summed E-state index contributed by atoms with van der Waals surface area (Å²) in [6.07, 6.45) is 1.75. The molecule has 0 aliphatic heterocycles. The van der Waals surface area contributed by atoms with Crippen molar-refractivity contribution in [1.29, 1.82) is 0 Å². The van der Waals surface area contributed by atoms with E-state index in [-0.39, 0.29) is 11.1 Å². The number of benzene rings is 1. The van der Waals surface area contributed by atoms with Gasteiger partial charge in [0.1, 0.15) is 0 Å². The van der Waals surface area contributed by atoms with Crippen molar-refractivity contribution in [3.63, 3.8) is 0 Å². The first-order chi connectivity index (χ1) is 7.02. The predicted molar refractivity (Wildman–Crippen MR) is 56.2 cm³/mol. The highest BCUT2D eigenvalue weighted by Gasteiger charge is 2.04. The molecule has 15 heavy (non-hydrogen) atoms. The second-order valence-electron chi connectivity index (χ2n) is 2.60. The zero-order valence-corrected chi connectivity index (χ0v) is 8.30. The second-order valence-corrected chi connectivity index (χ2v) is 2.60. The van der Waals surface area contributed by atoms with Gasteiger partial charge in [-0.05, 0) is 31.2 Å². The SMILES string of the molecule is C=CC.O=C(O)c1ccc(C(=O)O)cc1. The molecule has 0 saturated carbocycles. The summed E-state index contributed by atoms with van der Waals surface area (Å²) >= 11 is 0. The summed E-state index contributed by atoms with van der Waals surface area (Å²) in [7, 11) is 0. The van der Waals surface area contributed by atoms with Gasteiger partial charge in [0, 0.05) is 0 Å². The number of carboxylic acid groups (broad SMARTS) is 2. The van der Waals surface area contributed by atoms with Crippen molar-refractivity contribution in [3.8, 4) is 0 Å². The van der Waals surface area contributed by atoms with Gasteiger partial charge in [-0.15, -0.1) is 6.58 Å². The number of hydrogen-bond donors (Lipinski definition) is 2. The Balaban J connectivity index is 0.000000583. The topological polar surface area (TPSA) is 74.6 Å². The number of carbonyl (C=O) groups is 2. The molecule has 0 saturated heterocycles. The Morgan fingerprint density at radius 2 is 1.27 bits per heavy atom. The molecule has 0 radical (unpaired) electrons. The van der Waals surface area contributed by atoms with Crippen LogP contribution >= 0.6 is 0 Å². The van der Waals surface area contributed by atoms with Gasteiger partial charge in [0.2, 0.25) is 0 Å². The Kier molecular flexibility index (Phi) is 5.48. The fourth-order valence-electron chi connectivity index (χ4n) is 0.755. The molecule has 1 aromatic rings. The smallest absolute Gasteiger partial charge is 0.335 e. The van der Waals surface area contributed by atoms with E-state index in [9.17, 15) is 9.59 Å². The lowest BCUT2D eigenvalue weighted by atomic mass is 10.1. The lowest BCUT2D eigenvalue weighted by molar-refractivity contribution is 0.0681. The molecule has 0 aliphatic rings. The summed E-state index contributed by atoms with van der Waals surface area (Å²) in [5, 5.41) is 16.9. The van der Waals surface area contributed by atoms with Gasteiger partial charge in [-0.1, -0.05) is 6.08 Å². The predicted octanol–water partition coefficient (Wildman–Crippen LogP) is 2.28. The van der Waals surface area contributed by atoms with Crippen LogP contribution in [-0.4, -0.2) is 22.2 Å². The molecule has 4 nitrogen and oxygen atoms in total. The molecule has 0 aromatic heterocycles. The number of aromatic carboxylic acids is 2. The molecule has 0 bridgehead atoms. The Morgan fingerprint density at radius 3 is 1.40 bits per heavy atom. The number of rotatable bonds is 2. The van der Waals surface area contributed by atoms with Crippen LogP contribution in [-0.2, 0) is 0 Å². The Bertz CT molecular complexity index is 318. The summed E-state index contributed by atoms with van der Waals surface area (Å²) < 4.78 is 0. The summed E-state index contributed by atoms with van der Waals surface area (Å²) in [6.45, 7) is 5.25. The first-order valence-electron chi connectivity index (χ1n) is 4.16. The fourth-order valence-corrected chi connectivity index (χ4v) is 0.755. The maximum absolute atomic E-state index is 10.3. The summed E-state index contributed by atoms with van der Waals surface area (Å²) in [5.74, 6) is -2.13. The van der Waals surface area contributed by atoms with E-state index in [1.54, 1.807) is 6.08 Å². The third kappa shape index (κ3) is 4.61. The molecule has 1 aromatic carbocycles. The Labute approximate surface area is 87.5 Å². The molecular formula is C11H12O4. The summed E-state index contributed by atoms with van der Waals surface area (Å²) in [5.41, 5.74) is 0.167. The standard InChI is InChI=1S/C8H6O4.C3H6/c9-7(10)5-1-2-6(4-3-5)8(11)12;1-3-2/h1-4H,(H,9,10)(H,11,12);3H,1H2,2H3. The van der Waals surface area contributed by atoms with Crippen LogP contribution in [0.2, 0.25) is 0 Å². The van der Waals surface area contributed by atoms with Gasteiger partial charge >= 0.3 is 11.9 Å². The minimum Gasteiger partial charge on any atom is -0.478 e. The summed E-state index contributed by atoms with van der Waals surface area (Å²) in [6, 6.07) is 5.02. The molecule has 0 fully saturated rings. The Hall–Kier alpha value is -2.10. The fraction of sp³-hybridized carbons (Fsp3) is 0.0909. The van der Waals surface area contributed by atoms with E-state index in [1.807, 2.05) is 6.92 Å². The van der Waals surface area contributed by atoms with Gasteiger partial charge in [-0.2, -0.15) is 0 Å². The van der Waals surface area contributed by atoms with Crippen molar-refractivity contribution in [2.75, 3.05) is 0 Å². The van der Waals surface area contributed by atoms with Gasteiger partial charge < -0.3 is 10.2 Å². The molecule has 0 aliphatic carbocycles. The molecule has 0 amide bonds. The molecule has 0 unspecified atom stereocenters. The van der Waals surface area contributed by atoms with Gasteiger partial charge in [-0.3, -0.25) is 0 Å². The highest BCUT2D eigenvalue weighted by molar-refractivity contribution is 5.91. The lowest BCUT2D eigenvalue weighted by Crippen LogP contribution is -1.99. The van der Waals surface area contributed by atoms with Gasteiger partial charge in [-0.25, -0.2) is 9.59 Å². The molecule has 1 rings (SSSR count). The zero-order valence-electron chi connectivity index (χ0n) is 8.30. The van der Waals surface area contributed by atoms with E-state index < -0.39 is 11.9 Å². The van der Waals surface area contributed by atoms with Crippen LogP contribution < -0.4 is 0 Å². The van der Waals surface area contributed by atoms with E-state index >= 15 is 0 Å². The Morgan fingerprint density at radius 1 is 1.07 bits per heavy atom. The minimum atomic E-state index is -1.06. The first-order valence-corrected chi connectivity index (χ1v) is 4.16. The van der Waals surface area contributed by atoms with E-state index in [2.05, 4.69) is 6.58 Å². The van der Waals surface area contributed by atoms with Crippen LogP contribution in [0.25, 0.3) is 0 Å². The van der Waals surface area contributed by atoms with Crippen LogP contribution in [0.5, 0.6) is 0 Å². The molecule has 0 spiro atoms. The number of carboxylic acids is 2. The van der Waals surface area contributed by atoms with E-state index in [0.717, 1.165) is 0 Å². The normalized spacial score (nSPS) is 8.33. The van der Waals surface area contributed by atoms with Gasteiger partial charge in [0.25, 0.3) is 0 Å². The lowest BCUT2D eigenvalue weighted by Gasteiger charge is -1.94. The maximum Gasteiger partial charge on any atom is 0.335 e. The van der Waals surface area contributed by atoms with Crippen LogP contribution in [0.4, 0.5) is 0 Å². The first kappa shape index (κ1) is 12.9. The second kappa shape index (κ2) is 6.37. The molecular weight excluding hydrogens is 196 g/mol. The van der Waals surface area contributed by atoms with Gasteiger partial charge in [0.15, 0.2) is 0 Å². The third-order valence-corrected chi connectivity index (χ3v) is 1.38. The summed E-state index contributed by atoms with van der Waals surface area (Å²) in [4.78, 5) is 20.7. The average Bonchev–Trinajstić information content (AvgIpc) is 2.19. The van der Waals surface area contributed by atoms with Crippen molar-refractivity contribution < 1.29 is 19.8 Å². The van der Waals surface area contributed by atoms with Crippen LogP contribution in [0, 0.1) is 0 Å². The third-order valence-electron chi connectivity index (χ3n) is 1.38. The molecule has 80 valence electrons. The van der Waals surface area contributed by atoms with E-state index in [1.165, 1.54) is 24.3 Å². The average molecular weight is 208 g/mol. The van der Waals surface area contributed by atoms with Crippen LogP contribution in [0.3, 0.4) is 0 Å².